The van der Waals surface area contributed by atoms with Crippen molar-refractivity contribution in [1.29, 1.82) is 0 Å². The topological polar surface area (TPSA) is 70.6 Å². The van der Waals surface area contributed by atoms with Crippen molar-refractivity contribution in [2.75, 3.05) is 43.5 Å². The highest BCUT2D eigenvalue weighted by Crippen LogP contribution is 2.27. The molecular formula is C25H28BN5O2. The summed E-state index contributed by atoms with van der Waals surface area (Å²) in [6.07, 6.45) is 2.37. The van der Waals surface area contributed by atoms with Crippen LogP contribution in [0.2, 0.25) is 0 Å². The summed E-state index contributed by atoms with van der Waals surface area (Å²) in [6.45, 7) is 2.48. The Morgan fingerprint density at radius 2 is 1.97 bits per heavy atom. The molecule has 1 atom stereocenters. The summed E-state index contributed by atoms with van der Waals surface area (Å²) in [5, 5.41) is 3.20. The zero-order valence-corrected chi connectivity index (χ0v) is 19.1. The van der Waals surface area contributed by atoms with Crippen molar-refractivity contribution in [1.82, 2.24) is 15.3 Å². The van der Waals surface area contributed by atoms with Crippen LogP contribution in [-0.2, 0) is 11.3 Å². The third-order valence-electron chi connectivity index (χ3n) is 5.78. The molecule has 0 saturated carbocycles. The number of aromatic nitrogens is 2. The third-order valence-corrected chi connectivity index (χ3v) is 5.78. The molecule has 7 nitrogen and oxygen atoms in total. The average molecular weight is 441 g/mol. The molecule has 2 radical (unpaired) electrons. The third kappa shape index (κ3) is 5.41. The van der Waals surface area contributed by atoms with Gasteiger partial charge in [-0.15, -0.1) is 0 Å². The van der Waals surface area contributed by atoms with Gasteiger partial charge in [0.15, 0.2) is 7.85 Å². The number of amides is 1. The fourth-order valence-corrected chi connectivity index (χ4v) is 3.98. The molecule has 33 heavy (non-hydrogen) atoms. The van der Waals surface area contributed by atoms with Crippen LogP contribution in [0.4, 0.5) is 11.5 Å². The average Bonchev–Trinajstić information content (AvgIpc) is 2.96. The van der Waals surface area contributed by atoms with Gasteiger partial charge in [-0.25, -0.2) is 4.98 Å². The normalized spacial score (nSPS) is 14.7. The number of carbonyl (C=O) groups excluding carboxylic acids is 1. The van der Waals surface area contributed by atoms with E-state index in [1.165, 1.54) is 6.20 Å². The number of likely N-dealkylation sites (N-methyl/N-ethyl adjacent to an activating group) is 1. The lowest BCUT2D eigenvalue weighted by Crippen LogP contribution is -2.33. The maximum absolute atomic E-state index is 13.3. The number of hydrogen-bond donors (Lipinski definition) is 1. The molecule has 2 aromatic carbocycles. The van der Waals surface area contributed by atoms with Gasteiger partial charge < -0.3 is 19.9 Å². The van der Waals surface area contributed by atoms with E-state index in [-0.39, 0.29) is 17.7 Å². The van der Waals surface area contributed by atoms with Crippen molar-refractivity contribution in [2.24, 2.45) is 0 Å². The Hall–Kier alpha value is -3.23. The van der Waals surface area contributed by atoms with Crippen LogP contribution in [0.15, 0.2) is 60.8 Å². The number of fused-ring (bicyclic) bond motifs is 1. The molecule has 1 unspecified atom stereocenters. The first-order valence-electron chi connectivity index (χ1n) is 11.1. The number of carbonyl (C=O) groups is 1. The minimum atomic E-state index is -0.136. The first kappa shape index (κ1) is 23.0. The fraction of sp³-hybridized carbons (Fsp3) is 0.320. The molecule has 0 aliphatic carbocycles. The minimum Gasteiger partial charge on any atom is -0.369 e. The number of ether oxygens (including phenoxy) is 1. The van der Waals surface area contributed by atoms with Crippen LogP contribution in [0.25, 0.3) is 0 Å². The lowest BCUT2D eigenvalue weighted by atomic mass is 10.1. The largest absolute Gasteiger partial charge is 0.369 e. The summed E-state index contributed by atoms with van der Waals surface area (Å²) < 4.78 is 6.31. The number of benzene rings is 2. The van der Waals surface area contributed by atoms with Crippen LogP contribution >= 0.6 is 0 Å². The summed E-state index contributed by atoms with van der Waals surface area (Å²) in [6, 6.07) is 18.2. The Morgan fingerprint density at radius 3 is 2.76 bits per heavy atom. The van der Waals surface area contributed by atoms with E-state index in [0.717, 1.165) is 29.8 Å². The van der Waals surface area contributed by atoms with E-state index in [0.29, 0.717) is 31.1 Å². The van der Waals surface area contributed by atoms with E-state index >= 15 is 0 Å². The molecule has 8 heteroatoms. The quantitative estimate of drug-likeness (QED) is 0.541. The predicted molar refractivity (Wildman–Crippen MR) is 131 cm³/mol. The predicted octanol–water partition coefficient (Wildman–Crippen LogP) is 2.23. The molecule has 1 aliphatic heterocycles. The summed E-state index contributed by atoms with van der Waals surface area (Å²) in [4.78, 5) is 25.3. The molecule has 2 heterocycles. The maximum Gasteiger partial charge on any atom is 0.263 e. The minimum absolute atomic E-state index is 0.00902. The van der Waals surface area contributed by atoms with Crippen LogP contribution < -0.4 is 20.8 Å². The second kappa shape index (κ2) is 10.6. The van der Waals surface area contributed by atoms with Gasteiger partial charge in [-0.2, -0.15) is 0 Å². The van der Waals surface area contributed by atoms with E-state index < -0.39 is 0 Å². The van der Waals surface area contributed by atoms with Gasteiger partial charge in [-0.3, -0.25) is 9.78 Å². The Balaban J connectivity index is 1.52. The highest BCUT2D eigenvalue weighted by Gasteiger charge is 2.27. The van der Waals surface area contributed by atoms with Gasteiger partial charge in [0.25, 0.3) is 5.91 Å². The Labute approximate surface area is 196 Å². The van der Waals surface area contributed by atoms with Crippen molar-refractivity contribution in [2.45, 2.75) is 19.1 Å². The van der Waals surface area contributed by atoms with Crippen molar-refractivity contribution >= 4 is 31.0 Å². The molecular weight excluding hydrogens is 413 g/mol. The fourth-order valence-electron chi connectivity index (χ4n) is 3.98. The Kier molecular flexibility index (Phi) is 7.37. The van der Waals surface area contributed by atoms with Gasteiger partial charge in [0.05, 0.1) is 18.4 Å². The molecule has 1 aromatic heterocycles. The van der Waals surface area contributed by atoms with Crippen LogP contribution in [-0.4, -0.2) is 57.5 Å². The number of anilines is 2. The molecule has 4 rings (SSSR count). The highest BCUT2D eigenvalue weighted by atomic mass is 16.5. The molecule has 0 fully saturated rings. The van der Waals surface area contributed by atoms with Crippen molar-refractivity contribution in [3.8, 4) is 0 Å². The lowest BCUT2D eigenvalue weighted by Gasteiger charge is -2.22. The molecule has 1 amide bonds. The molecule has 3 aromatic rings. The molecule has 0 spiro atoms. The molecule has 0 saturated heterocycles. The Morgan fingerprint density at radius 1 is 1.15 bits per heavy atom. The number of hydrogen-bond acceptors (Lipinski definition) is 6. The van der Waals surface area contributed by atoms with Crippen molar-refractivity contribution in [3.63, 3.8) is 0 Å². The maximum atomic E-state index is 13.3. The van der Waals surface area contributed by atoms with Gasteiger partial charge in [0, 0.05) is 32.0 Å². The van der Waals surface area contributed by atoms with Crippen molar-refractivity contribution in [3.05, 3.63) is 77.5 Å². The van der Waals surface area contributed by atoms with E-state index in [1.807, 2.05) is 61.5 Å². The van der Waals surface area contributed by atoms with Gasteiger partial charge >= 0.3 is 0 Å². The monoisotopic (exact) mass is 441 g/mol. The first-order valence-corrected chi connectivity index (χ1v) is 11.1. The Bertz CT molecular complexity index is 1100. The molecule has 0 bridgehead atoms. The van der Waals surface area contributed by atoms with Crippen LogP contribution in [0.1, 0.15) is 34.0 Å². The highest BCUT2D eigenvalue weighted by molar-refractivity contribution is 6.29. The van der Waals surface area contributed by atoms with E-state index in [1.54, 1.807) is 4.90 Å². The summed E-state index contributed by atoms with van der Waals surface area (Å²) in [5.41, 5.74) is 3.60. The second-order valence-corrected chi connectivity index (χ2v) is 8.12. The summed E-state index contributed by atoms with van der Waals surface area (Å²) in [5.74, 6) is 0.424. The number of rotatable bonds is 8. The van der Waals surface area contributed by atoms with Crippen molar-refractivity contribution < 1.29 is 9.53 Å². The van der Waals surface area contributed by atoms with E-state index in [4.69, 9.17) is 12.6 Å². The molecule has 168 valence electrons. The van der Waals surface area contributed by atoms with Crippen LogP contribution in [0, 0.1) is 0 Å². The number of nitrogens with one attached hydrogen (secondary N) is 1. The zero-order chi connectivity index (χ0) is 23.2. The molecule has 1 N–H and O–H groups in total. The SMILES string of the molecule is [B]c1ncc2c(n1)N(C)CCN(c1cccc(COC(CCNC)c3ccccc3)c1)C2=O. The van der Waals surface area contributed by atoms with Gasteiger partial charge in [-0.1, -0.05) is 42.5 Å². The molecule has 1 aliphatic rings. The first-order chi connectivity index (χ1) is 16.1. The van der Waals surface area contributed by atoms with E-state index in [2.05, 4.69) is 27.4 Å². The lowest BCUT2D eigenvalue weighted by molar-refractivity contribution is 0.0344. The standard InChI is InChI=1S/C25H28BN5O2/c1-27-12-11-22(19-8-4-3-5-9-19)33-17-18-7-6-10-20(15-18)31-14-13-30(2)23-21(24(31)32)16-28-25(26)29-23/h3-10,15-16,22,27H,11-14,17H2,1-2H3. The zero-order valence-electron chi connectivity index (χ0n) is 19.1. The van der Waals surface area contributed by atoms with Crippen LogP contribution in [0.5, 0.6) is 0 Å². The van der Waals surface area contributed by atoms with E-state index in [9.17, 15) is 4.79 Å². The summed E-state index contributed by atoms with van der Waals surface area (Å²) in [7, 11) is 9.59. The van der Waals surface area contributed by atoms with Crippen LogP contribution in [0.3, 0.4) is 0 Å². The summed E-state index contributed by atoms with van der Waals surface area (Å²) >= 11 is 0. The smallest absolute Gasteiger partial charge is 0.263 e. The van der Waals surface area contributed by atoms with Gasteiger partial charge in [0.1, 0.15) is 11.4 Å². The number of nitrogens with zero attached hydrogens (tertiary/aromatic N) is 4. The van der Waals surface area contributed by atoms with Gasteiger partial charge in [0.2, 0.25) is 0 Å². The second-order valence-electron chi connectivity index (χ2n) is 8.12. The van der Waals surface area contributed by atoms with Gasteiger partial charge in [-0.05, 0) is 43.3 Å².